The number of nitrogens with zero attached hydrogens (tertiary/aromatic N) is 1. The predicted octanol–water partition coefficient (Wildman–Crippen LogP) is 3.79. The SMILES string of the molecule is CCc1ccc(-c2n[nH]c3ccccc23)cc1. The molecule has 0 spiro atoms. The lowest BCUT2D eigenvalue weighted by molar-refractivity contribution is 1.12. The van der Waals surface area contributed by atoms with Gasteiger partial charge in [0.25, 0.3) is 0 Å². The Morgan fingerprint density at radius 3 is 2.53 bits per heavy atom. The molecule has 2 heteroatoms. The minimum absolute atomic E-state index is 1.03. The first-order valence-corrected chi connectivity index (χ1v) is 5.91. The summed E-state index contributed by atoms with van der Waals surface area (Å²) in [5.41, 5.74) is 4.64. The molecule has 3 aromatic rings. The van der Waals surface area contributed by atoms with Gasteiger partial charge >= 0.3 is 0 Å². The molecular weight excluding hydrogens is 208 g/mol. The van der Waals surface area contributed by atoms with Crippen molar-refractivity contribution in [1.82, 2.24) is 10.2 Å². The second kappa shape index (κ2) is 4.06. The van der Waals surface area contributed by atoms with E-state index in [-0.39, 0.29) is 0 Å². The van der Waals surface area contributed by atoms with Crippen molar-refractivity contribution in [1.29, 1.82) is 0 Å². The largest absolute Gasteiger partial charge is 0.277 e. The third-order valence-electron chi connectivity index (χ3n) is 3.11. The van der Waals surface area contributed by atoms with Crippen LogP contribution in [0.2, 0.25) is 0 Å². The summed E-state index contributed by atoms with van der Waals surface area (Å²) in [6.07, 6.45) is 1.07. The minimum Gasteiger partial charge on any atom is -0.277 e. The second-order valence-corrected chi connectivity index (χ2v) is 4.17. The summed E-state index contributed by atoms with van der Waals surface area (Å²) in [5, 5.41) is 8.64. The van der Waals surface area contributed by atoms with Gasteiger partial charge in [0.15, 0.2) is 0 Å². The highest BCUT2D eigenvalue weighted by atomic mass is 15.1. The molecule has 0 fully saturated rings. The maximum atomic E-state index is 4.40. The molecule has 3 rings (SSSR count). The van der Waals surface area contributed by atoms with Crippen molar-refractivity contribution < 1.29 is 0 Å². The molecular formula is C15H14N2. The Morgan fingerprint density at radius 2 is 1.76 bits per heavy atom. The molecule has 0 aliphatic rings. The summed E-state index contributed by atoms with van der Waals surface area (Å²) in [7, 11) is 0. The van der Waals surface area contributed by atoms with E-state index >= 15 is 0 Å². The monoisotopic (exact) mass is 222 g/mol. The lowest BCUT2D eigenvalue weighted by Crippen LogP contribution is -1.82. The molecule has 0 amide bonds. The van der Waals surface area contributed by atoms with Crippen LogP contribution in [0.25, 0.3) is 22.2 Å². The van der Waals surface area contributed by atoms with E-state index < -0.39 is 0 Å². The Labute approximate surface area is 100 Å². The quantitative estimate of drug-likeness (QED) is 0.702. The number of aromatic nitrogens is 2. The number of para-hydroxylation sites is 1. The topological polar surface area (TPSA) is 28.7 Å². The zero-order chi connectivity index (χ0) is 11.7. The highest BCUT2D eigenvalue weighted by Crippen LogP contribution is 2.26. The summed E-state index contributed by atoms with van der Waals surface area (Å²) in [6, 6.07) is 16.8. The zero-order valence-electron chi connectivity index (χ0n) is 9.77. The highest BCUT2D eigenvalue weighted by molar-refractivity contribution is 5.92. The van der Waals surface area contributed by atoms with Crippen molar-refractivity contribution in [2.45, 2.75) is 13.3 Å². The minimum atomic E-state index is 1.03. The molecule has 2 aromatic carbocycles. The number of aryl methyl sites for hydroxylation is 1. The van der Waals surface area contributed by atoms with Gasteiger partial charge in [-0.2, -0.15) is 5.10 Å². The number of fused-ring (bicyclic) bond motifs is 1. The van der Waals surface area contributed by atoms with Crippen LogP contribution >= 0.6 is 0 Å². The van der Waals surface area contributed by atoms with Crippen molar-refractivity contribution >= 4 is 10.9 Å². The summed E-state index contributed by atoms with van der Waals surface area (Å²) in [4.78, 5) is 0. The molecule has 1 heterocycles. The van der Waals surface area contributed by atoms with Gasteiger partial charge < -0.3 is 0 Å². The van der Waals surface area contributed by atoms with Crippen molar-refractivity contribution in [3.63, 3.8) is 0 Å². The number of hydrogen-bond donors (Lipinski definition) is 1. The van der Waals surface area contributed by atoms with Crippen LogP contribution in [0.1, 0.15) is 12.5 Å². The van der Waals surface area contributed by atoms with Crippen molar-refractivity contribution in [2.75, 3.05) is 0 Å². The van der Waals surface area contributed by atoms with Crippen LogP contribution in [0.15, 0.2) is 48.5 Å². The normalized spacial score (nSPS) is 10.9. The maximum Gasteiger partial charge on any atom is 0.0999 e. The summed E-state index contributed by atoms with van der Waals surface area (Å²) in [5.74, 6) is 0. The van der Waals surface area contributed by atoms with Crippen LogP contribution in [0.5, 0.6) is 0 Å². The van der Waals surface area contributed by atoms with Gasteiger partial charge in [0.2, 0.25) is 0 Å². The van der Waals surface area contributed by atoms with Gasteiger partial charge in [-0.15, -0.1) is 0 Å². The maximum absolute atomic E-state index is 4.40. The Morgan fingerprint density at radius 1 is 1.00 bits per heavy atom. The zero-order valence-corrected chi connectivity index (χ0v) is 9.77. The van der Waals surface area contributed by atoms with Gasteiger partial charge in [0, 0.05) is 10.9 Å². The van der Waals surface area contributed by atoms with E-state index in [4.69, 9.17) is 0 Å². The molecule has 17 heavy (non-hydrogen) atoms. The predicted molar refractivity (Wildman–Crippen MR) is 70.9 cm³/mol. The molecule has 0 atom stereocenters. The van der Waals surface area contributed by atoms with Crippen LogP contribution in [0.4, 0.5) is 0 Å². The van der Waals surface area contributed by atoms with E-state index in [2.05, 4.69) is 47.5 Å². The average molecular weight is 222 g/mol. The lowest BCUT2D eigenvalue weighted by Gasteiger charge is -2.00. The Hall–Kier alpha value is -2.09. The van der Waals surface area contributed by atoms with Gasteiger partial charge in [-0.1, -0.05) is 49.4 Å². The number of nitrogens with one attached hydrogen (secondary N) is 1. The van der Waals surface area contributed by atoms with E-state index in [1.54, 1.807) is 0 Å². The van der Waals surface area contributed by atoms with E-state index in [1.165, 1.54) is 16.5 Å². The molecule has 1 aromatic heterocycles. The Balaban J connectivity index is 2.13. The number of H-pyrrole nitrogens is 1. The first-order valence-electron chi connectivity index (χ1n) is 5.91. The van der Waals surface area contributed by atoms with Gasteiger partial charge in [-0.25, -0.2) is 0 Å². The lowest BCUT2D eigenvalue weighted by atomic mass is 10.1. The number of aromatic amines is 1. The third kappa shape index (κ3) is 1.72. The standard InChI is InChI=1S/C15H14N2/c1-2-11-7-9-12(10-8-11)15-13-5-3-4-6-14(13)16-17-15/h3-10H,2H2,1H3,(H,16,17). The molecule has 0 aliphatic carbocycles. The third-order valence-corrected chi connectivity index (χ3v) is 3.11. The van der Waals surface area contributed by atoms with E-state index in [1.807, 2.05) is 18.2 Å². The number of hydrogen-bond acceptors (Lipinski definition) is 1. The highest BCUT2D eigenvalue weighted by Gasteiger charge is 2.06. The fraction of sp³-hybridized carbons (Fsp3) is 0.133. The van der Waals surface area contributed by atoms with Crippen LogP contribution in [-0.4, -0.2) is 10.2 Å². The van der Waals surface area contributed by atoms with E-state index in [0.29, 0.717) is 0 Å². The number of rotatable bonds is 2. The molecule has 0 saturated heterocycles. The van der Waals surface area contributed by atoms with E-state index in [9.17, 15) is 0 Å². The molecule has 0 radical (unpaired) electrons. The molecule has 0 bridgehead atoms. The molecule has 1 N–H and O–H groups in total. The van der Waals surface area contributed by atoms with Crippen LogP contribution in [-0.2, 0) is 6.42 Å². The Kier molecular flexibility index (Phi) is 2.41. The fourth-order valence-electron chi connectivity index (χ4n) is 2.08. The van der Waals surface area contributed by atoms with Gasteiger partial charge in [-0.05, 0) is 18.1 Å². The molecule has 0 aliphatic heterocycles. The van der Waals surface area contributed by atoms with Crippen molar-refractivity contribution in [3.8, 4) is 11.3 Å². The van der Waals surface area contributed by atoms with Gasteiger partial charge in [0.1, 0.15) is 0 Å². The van der Waals surface area contributed by atoms with Crippen LogP contribution < -0.4 is 0 Å². The van der Waals surface area contributed by atoms with Crippen molar-refractivity contribution in [2.24, 2.45) is 0 Å². The van der Waals surface area contributed by atoms with Gasteiger partial charge in [-0.3, -0.25) is 5.10 Å². The summed E-state index contributed by atoms with van der Waals surface area (Å²) < 4.78 is 0. The van der Waals surface area contributed by atoms with E-state index in [0.717, 1.165) is 17.6 Å². The van der Waals surface area contributed by atoms with Gasteiger partial charge in [0.05, 0.1) is 11.2 Å². The first kappa shape index (κ1) is 10.1. The fourth-order valence-corrected chi connectivity index (χ4v) is 2.08. The second-order valence-electron chi connectivity index (χ2n) is 4.17. The molecule has 0 unspecified atom stereocenters. The van der Waals surface area contributed by atoms with Crippen molar-refractivity contribution in [3.05, 3.63) is 54.1 Å². The first-order chi connectivity index (χ1) is 8.38. The summed E-state index contributed by atoms with van der Waals surface area (Å²) in [6.45, 7) is 2.17. The molecule has 84 valence electrons. The smallest absolute Gasteiger partial charge is 0.0999 e. The Bertz CT molecular complexity index is 635. The molecule has 0 saturated carbocycles. The average Bonchev–Trinajstić information content (AvgIpc) is 2.83. The molecule has 2 nitrogen and oxygen atoms in total. The van der Waals surface area contributed by atoms with Crippen LogP contribution in [0.3, 0.4) is 0 Å². The van der Waals surface area contributed by atoms with Crippen LogP contribution in [0, 0.1) is 0 Å². The number of benzene rings is 2. The summed E-state index contributed by atoms with van der Waals surface area (Å²) >= 11 is 0.